The number of ether oxygens (including phenoxy) is 3. The van der Waals surface area contributed by atoms with Gasteiger partial charge < -0.3 is 14.2 Å². The predicted octanol–water partition coefficient (Wildman–Crippen LogP) is 7.47. The third-order valence-electron chi connectivity index (χ3n) is 6.03. The molecule has 0 aromatic heterocycles. The van der Waals surface area contributed by atoms with Crippen LogP contribution in [0, 0.1) is 0 Å². The van der Waals surface area contributed by atoms with Gasteiger partial charge in [0.1, 0.15) is 31.3 Å². The largest absolute Gasteiger partial charge is 0.489 e. The summed E-state index contributed by atoms with van der Waals surface area (Å²) in [6.45, 7) is 3.36. The second-order valence-corrected chi connectivity index (χ2v) is 8.83. The number of esters is 1. The van der Waals surface area contributed by atoms with Crippen LogP contribution in [0.5, 0.6) is 11.5 Å². The Balaban J connectivity index is 1.39. The van der Waals surface area contributed by atoms with Crippen molar-refractivity contribution < 1.29 is 19.0 Å². The topological polar surface area (TPSA) is 44.8 Å². The normalized spacial score (nSPS) is 11.5. The molecule has 0 saturated carbocycles. The van der Waals surface area contributed by atoms with Gasteiger partial charge in [-0.05, 0) is 40.7 Å². The highest BCUT2D eigenvalue weighted by molar-refractivity contribution is 5.69. The SMILES string of the molecule is CC(CCC(=O)OCc1ccccc1)c1ccc(OCc2ccccc2)cc1OCc1ccccc1. The molecule has 0 radical (unpaired) electrons. The van der Waals surface area contributed by atoms with E-state index in [-0.39, 0.29) is 11.9 Å². The fourth-order valence-electron chi connectivity index (χ4n) is 3.91. The molecule has 0 N–H and O–H groups in total. The first-order valence-electron chi connectivity index (χ1n) is 12.3. The van der Waals surface area contributed by atoms with Crippen LogP contribution in [0.25, 0.3) is 0 Å². The van der Waals surface area contributed by atoms with Gasteiger partial charge in [0.05, 0.1) is 0 Å². The highest BCUT2D eigenvalue weighted by Gasteiger charge is 2.16. The fraction of sp³-hybridized carbons (Fsp3) is 0.219. The molecule has 1 unspecified atom stereocenters. The van der Waals surface area contributed by atoms with Gasteiger partial charge in [-0.15, -0.1) is 0 Å². The molecule has 184 valence electrons. The number of hydrogen-bond acceptors (Lipinski definition) is 4. The smallest absolute Gasteiger partial charge is 0.306 e. The number of benzene rings is 4. The highest BCUT2D eigenvalue weighted by Crippen LogP contribution is 2.34. The average Bonchev–Trinajstić information content (AvgIpc) is 2.94. The predicted molar refractivity (Wildman–Crippen MR) is 142 cm³/mol. The van der Waals surface area contributed by atoms with E-state index in [0.29, 0.717) is 32.7 Å². The first-order valence-corrected chi connectivity index (χ1v) is 12.3. The van der Waals surface area contributed by atoms with Crippen molar-refractivity contribution in [3.63, 3.8) is 0 Å². The first-order chi connectivity index (χ1) is 17.7. The van der Waals surface area contributed by atoms with Crippen molar-refractivity contribution in [1.29, 1.82) is 0 Å². The summed E-state index contributed by atoms with van der Waals surface area (Å²) in [7, 11) is 0. The molecule has 4 rings (SSSR count). The number of hydrogen-bond donors (Lipinski definition) is 0. The Labute approximate surface area is 213 Å². The molecule has 0 bridgehead atoms. The molecule has 1 atom stereocenters. The number of carbonyl (C=O) groups excluding carboxylic acids is 1. The van der Waals surface area contributed by atoms with Crippen LogP contribution >= 0.6 is 0 Å². The maximum Gasteiger partial charge on any atom is 0.306 e. The number of rotatable bonds is 12. The van der Waals surface area contributed by atoms with E-state index in [1.807, 2.05) is 109 Å². The van der Waals surface area contributed by atoms with E-state index in [2.05, 4.69) is 6.92 Å². The van der Waals surface area contributed by atoms with E-state index in [4.69, 9.17) is 14.2 Å². The van der Waals surface area contributed by atoms with Crippen LogP contribution in [0.1, 0.15) is 47.9 Å². The molecule has 0 amide bonds. The third-order valence-corrected chi connectivity index (χ3v) is 6.03. The summed E-state index contributed by atoms with van der Waals surface area (Å²) >= 11 is 0. The zero-order valence-corrected chi connectivity index (χ0v) is 20.6. The van der Waals surface area contributed by atoms with E-state index >= 15 is 0 Å². The Morgan fingerprint density at radius 2 is 1.19 bits per heavy atom. The maximum atomic E-state index is 12.3. The van der Waals surface area contributed by atoms with Crippen molar-refractivity contribution in [2.45, 2.75) is 45.5 Å². The maximum absolute atomic E-state index is 12.3. The van der Waals surface area contributed by atoms with Crippen molar-refractivity contribution in [1.82, 2.24) is 0 Å². The van der Waals surface area contributed by atoms with Crippen LogP contribution in [0.3, 0.4) is 0 Å². The summed E-state index contributed by atoms with van der Waals surface area (Å²) in [5, 5.41) is 0. The number of carbonyl (C=O) groups is 1. The molecule has 4 aromatic rings. The monoisotopic (exact) mass is 480 g/mol. The molecule has 0 heterocycles. The van der Waals surface area contributed by atoms with E-state index in [1.165, 1.54) is 0 Å². The standard InChI is InChI=1S/C32H32O4/c1-25(17-20-32(33)36-24-28-15-9-4-10-16-28)30-19-18-29(34-22-26-11-5-2-6-12-26)21-31(30)35-23-27-13-7-3-8-14-27/h2-16,18-19,21,25H,17,20,22-24H2,1H3. The summed E-state index contributed by atoms with van der Waals surface area (Å²) in [4.78, 5) is 12.3. The Morgan fingerprint density at radius 1 is 0.667 bits per heavy atom. The third kappa shape index (κ3) is 7.74. The molecule has 4 nitrogen and oxygen atoms in total. The van der Waals surface area contributed by atoms with Crippen LogP contribution < -0.4 is 9.47 Å². The molecule has 0 fully saturated rings. The first kappa shape index (κ1) is 25.1. The molecular formula is C32H32O4. The summed E-state index contributed by atoms with van der Waals surface area (Å²) in [6, 6.07) is 35.9. The van der Waals surface area contributed by atoms with Gasteiger partial charge in [0.2, 0.25) is 0 Å². The van der Waals surface area contributed by atoms with Crippen molar-refractivity contribution in [2.75, 3.05) is 0 Å². The van der Waals surface area contributed by atoms with Crippen LogP contribution in [-0.4, -0.2) is 5.97 Å². The molecule has 4 heteroatoms. The second kappa shape index (κ2) is 13.1. The zero-order valence-electron chi connectivity index (χ0n) is 20.6. The molecule has 4 aromatic carbocycles. The summed E-state index contributed by atoms with van der Waals surface area (Å²) in [5.74, 6) is 1.44. The van der Waals surface area contributed by atoms with Gasteiger partial charge in [0.25, 0.3) is 0 Å². The minimum Gasteiger partial charge on any atom is -0.489 e. The lowest BCUT2D eigenvalue weighted by molar-refractivity contribution is -0.145. The van der Waals surface area contributed by atoms with Crippen molar-refractivity contribution >= 4 is 5.97 Å². The molecule has 0 aliphatic heterocycles. The minimum atomic E-state index is -0.194. The Kier molecular flexibility index (Phi) is 9.15. The molecule has 0 aliphatic carbocycles. The Hall–Kier alpha value is -4.05. The van der Waals surface area contributed by atoms with Gasteiger partial charge in [-0.1, -0.05) is 104 Å². The molecule has 36 heavy (non-hydrogen) atoms. The Bertz CT molecular complexity index is 1210. The van der Waals surface area contributed by atoms with Crippen molar-refractivity contribution in [3.8, 4) is 11.5 Å². The minimum absolute atomic E-state index is 0.114. The molecule has 0 spiro atoms. The lowest BCUT2D eigenvalue weighted by Crippen LogP contribution is -2.08. The molecule has 0 saturated heterocycles. The van der Waals surface area contributed by atoms with Crippen LogP contribution in [0.4, 0.5) is 0 Å². The highest BCUT2D eigenvalue weighted by atomic mass is 16.5. The fourth-order valence-corrected chi connectivity index (χ4v) is 3.91. The van der Waals surface area contributed by atoms with Gasteiger partial charge in [-0.3, -0.25) is 4.79 Å². The van der Waals surface area contributed by atoms with Gasteiger partial charge in [-0.25, -0.2) is 0 Å². The lowest BCUT2D eigenvalue weighted by Gasteiger charge is -2.18. The summed E-state index contributed by atoms with van der Waals surface area (Å²) in [6.07, 6.45) is 1.01. The van der Waals surface area contributed by atoms with Crippen LogP contribution in [0.15, 0.2) is 109 Å². The van der Waals surface area contributed by atoms with E-state index < -0.39 is 0 Å². The van der Waals surface area contributed by atoms with Gasteiger partial charge in [-0.2, -0.15) is 0 Å². The van der Waals surface area contributed by atoms with Crippen LogP contribution in [0.2, 0.25) is 0 Å². The lowest BCUT2D eigenvalue weighted by atomic mass is 9.95. The second-order valence-electron chi connectivity index (χ2n) is 8.83. The summed E-state index contributed by atoms with van der Waals surface area (Å²) in [5.41, 5.74) is 4.24. The van der Waals surface area contributed by atoms with Gasteiger partial charge in [0, 0.05) is 12.5 Å². The zero-order chi connectivity index (χ0) is 25.0. The molecular weight excluding hydrogens is 448 g/mol. The van der Waals surface area contributed by atoms with E-state index in [9.17, 15) is 4.79 Å². The van der Waals surface area contributed by atoms with Gasteiger partial charge >= 0.3 is 5.97 Å². The van der Waals surface area contributed by atoms with Crippen molar-refractivity contribution in [2.24, 2.45) is 0 Å². The van der Waals surface area contributed by atoms with Crippen molar-refractivity contribution in [3.05, 3.63) is 131 Å². The van der Waals surface area contributed by atoms with E-state index in [0.717, 1.165) is 33.8 Å². The quantitative estimate of drug-likeness (QED) is 0.197. The molecule has 0 aliphatic rings. The van der Waals surface area contributed by atoms with E-state index in [1.54, 1.807) is 0 Å². The summed E-state index contributed by atoms with van der Waals surface area (Å²) < 4.78 is 17.7. The van der Waals surface area contributed by atoms with Gasteiger partial charge in [0.15, 0.2) is 0 Å². The Morgan fingerprint density at radius 3 is 1.78 bits per heavy atom. The average molecular weight is 481 g/mol. The van der Waals surface area contributed by atoms with Crippen LogP contribution in [-0.2, 0) is 29.4 Å².